The fraction of sp³-hybridized carbons (Fsp3) is 0.0556. The molecule has 0 aliphatic rings. The molecule has 0 aliphatic carbocycles. The van der Waals surface area contributed by atoms with Crippen LogP contribution in [0.3, 0.4) is 0 Å². The summed E-state index contributed by atoms with van der Waals surface area (Å²) in [5.41, 5.74) is 2.66. The van der Waals surface area contributed by atoms with Gasteiger partial charge in [-0.15, -0.1) is 11.3 Å². The maximum absolute atomic E-state index is 12.3. The highest BCUT2D eigenvalue weighted by Gasteiger charge is 2.11. The Morgan fingerprint density at radius 1 is 1.04 bits per heavy atom. The fourth-order valence-corrected chi connectivity index (χ4v) is 3.20. The molecular weight excluding hydrogens is 451 g/mol. The van der Waals surface area contributed by atoms with Gasteiger partial charge >= 0.3 is 5.97 Å². The molecule has 7 heteroatoms. The average molecular weight is 464 g/mol. The lowest BCUT2D eigenvalue weighted by atomic mass is 10.1. The van der Waals surface area contributed by atoms with Crippen LogP contribution >= 0.6 is 33.9 Å². The Balaban J connectivity index is 1.71. The zero-order chi connectivity index (χ0) is 17.8. The highest BCUT2D eigenvalue weighted by atomic mass is 127. The highest BCUT2D eigenvalue weighted by molar-refractivity contribution is 14.1. The number of hydrogen-bond donors (Lipinski definition) is 1. The Morgan fingerprint density at radius 2 is 1.68 bits per heavy atom. The van der Waals surface area contributed by atoms with E-state index in [2.05, 4.69) is 37.6 Å². The van der Waals surface area contributed by atoms with Crippen molar-refractivity contribution in [3.8, 4) is 11.3 Å². The summed E-state index contributed by atoms with van der Waals surface area (Å²) < 4.78 is 5.79. The highest BCUT2D eigenvalue weighted by Crippen LogP contribution is 2.25. The first-order valence-electron chi connectivity index (χ1n) is 7.28. The molecule has 25 heavy (non-hydrogen) atoms. The summed E-state index contributed by atoms with van der Waals surface area (Å²) in [4.78, 5) is 28.2. The molecule has 1 aromatic heterocycles. The molecule has 3 aromatic rings. The number of hydrogen-bond acceptors (Lipinski definition) is 5. The molecule has 3 rings (SSSR count). The molecule has 0 aliphatic heterocycles. The molecule has 1 heterocycles. The van der Waals surface area contributed by atoms with Gasteiger partial charge in [0.15, 0.2) is 5.13 Å². The molecular formula is C18H13IN2O3S. The van der Waals surface area contributed by atoms with E-state index in [9.17, 15) is 9.59 Å². The zero-order valence-electron chi connectivity index (χ0n) is 13.2. The quantitative estimate of drug-likeness (QED) is 0.458. The summed E-state index contributed by atoms with van der Waals surface area (Å²) in [5, 5.41) is 5.20. The van der Waals surface area contributed by atoms with Crippen LogP contribution in [0.25, 0.3) is 11.3 Å². The number of aromatic nitrogens is 1. The summed E-state index contributed by atoms with van der Waals surface area (Å²) in [6.45, 7) is 0. The second-order valence-corrected chi connectivity index (χ2v) is 7.17. The lowest BCUT2D eigenvalue weighted by molar-refractivity contribution is 0.0600. The Bertz CT molecular complexity index is 905. The van der Waals surface area contributed by atoms with E-state index in [4.69, 9.17) is 0 Å². The molecule has 5 nitrogen and oxygen atoms in total. The first-order valence-corrected chi connectivity index (χ1v) is 9.24. The largest absolute Gasteiger partial charge is 0.465 e. The number of thiazole rings is 1. The van der Waals surface area contributed by atoms with Gasteiger partial charge in [-0.05, 0) is 59.0 Å². The summed E-state index contributed by atoms with van der Waals surface area (Å²) >= 11 is 3.61. The van der Waals surface area contributed by atoms with Gasteiger partial charge < -0.3 is 4.74 Å². The van der Waals surface area contributed by atoms with Crippen molar-refractivity contribution in [2.45, 2.75) is 0 Å². The molecule has 0 radical (unpaired) electrons. The molecule has 0 bridgehead atoms. The van der Waals surface area contributed by atoms with Gasteiger partial charge in [-0.3, -0.25) is 10.1 Å². The van der Waals surface area contributed by atoms with Gasteiger partial charge in [0.1, 0.15) is 0 Å². The number of nitrogens with zero attached hydrogens (tertiary/aromatic N) is 1. The molecule has 1 N–H and O–H groups in total. The summed E-state index contributed by atoms with van der Waals surface area (Å²) in [6, 6.07) is 14.3. The normalized spacial score (nSPS) is 10.3. The van der Waals surface area contributed by atoms with Crippen LogP contribution in [0.1, 0.15) is 20.7 Å². The Hall–Kier alpha value is -2.26. The second-order valence-electron chi connectivity index (χ2n) is 5.07. The summed E-state index contributed by atoms with van der Waals surface area (Å²) in [5.74, 6) is -0.714. The van der Waals surface area contributed by atoms with Crippen LogP contribution in [-0.2, 0) is 4.74 Å². The van der Waals surface area contributed by atoms with Crippen molar-refractivity contribution in [1.29, 1.82) is 0 Å². The van der Waals surface area contributed by atoms with Crippen LogP contribution in [0.15, 0.2) is 53.9 Å². The van der Waals surface area contributed by atoms with Crippen LogP contribution in [0.2, 0.25) is 0 Å². The van der Waals surface area contributed by atoms with Crippen LogP contribution in [0, 0.1) is 3.57 Å². The number of anilines is 1. The molecule has 0 saturated carbocycles. The smallest absolute Gasteiger partial charge is 0.337 e. The number of carbonyl (C=O) groups excluding carboxylic acids is 2. The van der Waals surface area contributed by atoms with Crippen LogP contribution in [0.4, 0.5) is 5.13 Å². The maximum Gasteiger partial charge on any atom is 0.337 e. The van der Waals surface area contributed by atoms with E-state index in [0.717, 1.165) is 14.8 Å². The van der Waals surface area contributed by atoms with Crippen molar-refractivity contribution in [3.05, 3.63) is 68.6 Å². The fourth-order valence-electron chi connectivity index (χ4n) is 2.13. The van der Waals surface area contributed by atoms with Gasteiger partial charge in [-0.25, -0.2) is 9.78 Å². The predicted molar refractivity (Wildman–Crippen MR) is 106 cm³/mol. The number of methoxy groups -OCH3 is 1. The number of halogens is 1. The van der Waals surface area contributed by atoms with Gasteiger partial charge in [0.05, 0.1) is 18.4 Å². The minimum absolute atomic E-state index is 0.278. The standard InChI is InChI=1S/C18H13IN2O3S/c1-24-17(23)13-4-2-12(3-5-13)16(22)21-18-20-15(10-25-18)11-6-8-14(19)9-7-11/h2-10H,1H3,(H,20,21,22). The lowest BCUT2D eigenvalue weighted by Gasteiger charge is -2.03. The molecule has 126 valence electrons. The van der Waals surface area contributed by atoms with E-state index in [1.54, 1.807) is 24.3 Å². The van der Waals surface area contributed by atoms with Crippen LogP contribution < -0.4 is 5.32 Å². The van der Waals surface area contributed by atoms with Crippen LogP contribution in [-0.4, -0.2) is 24.0 Å². The molecule has 0 saturated heterocycles. The third kappa shape index (κ3) is 4.23. The van der Waals surface area contributed by atoms with Gasteiger partial charge in [0, 0.05) is 20.1 Å². The number of amides is 1. The van der Waals surface area contributed by atoms with E-state index < -0.39 is 5.97 Å². The monoisotopic (exact) mass is 464 g/mol. The summed E-state index contributed by atoms with van der Waals surface area (Å²) in [7, 11) is 1.32. The van der Waals surface area contributed by atoms with Crippen molar-refractivity contribution in [2.75, 3.05) is 12.4 Å². The van der Waals surface area contributed by atoms with Crippen molar-refractivity contribution >= 4 is 50.9 Å². The Kier molecular flexibility index (Phi) is 5.44. The Labute approximate surface area is 162 Å². The average Bonchev–Trinajstić information content (AvgIpc) is 3.10. The number of benzene rings is 2. The van der Waals surface area contributed by atoms with E-state index in [1.807, 2.05) is 29.6 Å². The van der Waals surface area contributed by atoms with Gasteiger partial charge in [-0.2, -0.15) is 0 Å². The number of carbonyl (C=O) groups is 2. The molecule has 0 spiro atoms. The number of ether oxygens (including phenoxy) is 1. The van der Waals surface area contributed by atoms with Crippen molar-refractivity contribution in [1.82, 2.24) is 4.98 Å². The minimum atomic E-state index is -0.436. The number of esters is 1. The SMILES string of the molecule is COC(=O)c1ccc(C(=O)Nc2nc(-c3ccc(I)cc3)cs2)cc1. The number of rotatable bonds is 4. The first-order chi connectivity index (χ1) is 12.1. The van der Waals surface area contributed by atoms with Crippen molar-refractivity contribution in [2.24, 2.45) is 0 Å². The molecule has 0 atom stereocenters. The summed E-state index contributed by atoms with van der Waals surface area (Å²) in [6.07, 6.45) is 0. The van der Waals surface area contributed by atoms with E-state index in [0.29, 0.717) is 16.3 Å². The van der Waals surface area contributed by atoms with Gasteiger partial charge in [0.2, 0.25) is 0 Å². The van der Waals surface area contributed by atoms with E-state index in [1.165, 1.54) is 18.4 Å². The predicted octanol–water partition coefficient (Wildman–Crippen LogP) is 4.45. The zero-order valence-corrected chi connectivity index (χ0v) is 16.1. The van der Waals surface area contributed by atoms with Crippen molar-refractivity contribution < 1.29 is 14.3 Å². The maximum atomic E-state index is 12.3. The van der Waals surface area contributed by atoms with Crippen LogP contribution in [0.5, 0.6) is 0 Å². The van der Waals surface area contributed by atoms with Gasteiger partial charge in [0.25, 0.3) is 5.91 Å². The minimum Gasteiger partial charge on any atom is -0.465 e. The first kappa shape index (κ1) is 17.6. The topological polar surface area (TPSA) is 68.3 Å². The van der Waals surface area contributed by atoms with E-state index >= 15 is 0 Å². The molecule has 2 aromatic carbocycles. The third-order valence-corrected chi connectivity index (χ3v) is 4.91. The van der Waals surface area contributed by atoms with E-state index in [-0.39, 0.29) is 5.91 Å². The molecule has 1 amide bonds. The third-order valence-electron chi connectivity index (χ3n) is 3.43. The lowest BCUT2D eigenvalue weighted by Crippen LogP contribution is -2.12. The van der Waals surface area contributed by atoms with Crippen molar-refractivity contribution in [3.63, 3.8) is 0 Å². The Morgan fingerprint density at radius 3 is 2.32 bits per heavy atom. The molecule has 0 fully saturated rings. The number of nitrogens with one attached hydrogen (secondary N) is 1. The molecule has 0 unspecified atom stereocenters. The second kappa shape index (κ2) is 7.75. The van der Waals surface area contributed by atoms with Gasteiger partial charge in [-0.1, -0.05) is 12.1 Å².